The van der Waals surface area contributed by atoms with Gasteiger partial charge in [-0.1, -0.05) is 6.58 Å². The number of carbonyl (C=O) groups is 2. The molecule has 1 fully saturated rings. The first kappa shape index (κ1) is 13.4. The van der Waals surface area contributed by atoms with Crippen molar-refractivity contribution in [1.29, 1.82) is 0 Å². The summed E-state index contributed by atoms with van der Waals surface area (Å²) in [6.07, 6.45) is 0.638. The second-order valence-corrected chi connectivity index (χ2v) is 3.15. The fourth-order valence-corrected chi connectivity index (χ4v) is 0.833. The lowest BCUT2D eigenvalue weighted by Gasteiger charge is -2.02. The average Bonchev–Trinajstić information content (AvgIpc) is 2.53. The minimum absolute atomic E-state index is 0.127. The maximum Gasteiger partial charge on any atom is 0.330 e. The second kappa shape index (κ2) is 6.83. The molecule has 0 saturated carbocycles. The van der Waals surface area contributed by atoms with Gasteiger partial charge in [-0.3, -0.25) is 0 Å². The number of nitrogens with one attached hydrogen (secondary N) is 2. The van der Waals surface area contributed by atoms with Crippen molar-refractivity contribution in [3.63, 3.8) is 0 Å². The number of urea groups is 1. The second-order valence-electron chi connectivity index (χ2n) is 3.15. The summed E-state index contributed by atoms with van der Waals surface area (Å²) < 4.78 is 0. The van der Waals surface area contributed by atoms with Crippen molar-refractivity contribution in [3.8, 4) is 0 Å². The molecular formula is C9H16N2O4. The summed E-state index contributed by atoms with van der Waals surface area (Å²) in [5, 5.41) is 21.6. The Labute approximate surface area is 88.0 Å². The van der Waals surface area contributed by atoms with Crippen molar-refractivity contribution in [2.45, 2.75) is 19.4 Å². The number of aliphatic hydroxyl groups excluding tert-OH is 1. The summed E-state index contributed by atoms with van der Waals surface area (Å²) in [5.41, 5.74) is 0.176. The fourth-order valence-electron chi connectivity index (χ4n) is 0.833. The van der Waals surface area contributed by atoms with Crippen LogP contribution in [0.5, 0.6) is 0 Å². The van der Waals surface area contributed by atoms with Gasteiger partial charge >= 0.3 is 12.0 Å². The van der Waals surface area contributed by atoms with Crippen molar-refractivity contribution in [2.24, 2.45) is 0 Å². The first-order valence-electron chi connectivity index (χ1n) is 4.51. The lowest BCUT2D eigenvalue weighted by atomic mass is 10.2. The monoisotopic (exact) mass is 216 g/mol. The minimum Gasteiger partial charge on any atom is -0.478 e. The molecule has 86 valence electrons. The molecular weight excluding hydrogens is 200 g/mol. The smallest absolute Gasteiger partial charge is 0.330 e. The number of carboxylic acid groups (broad SMARTS) is 1. The molecule has 1 atom stereocenters. The lowest BCUT2D eigenvalue weighted by Crippen LogP contribution is -2.27. The largest absolute Gasteiger partial charge is 0.478 e. The van der Waals surface area contributed by atoms with Crippen LogP contribution in [0.25, 0.3) is 0 Å². The van der Waals surface area contributed by atoms with E-state index in [-0.39, 0.29) is 24.3 Å². The third-order valence-corrected chi connectivity index (χ3v) is 1.69. The summed E-state index contributed by atoms with van der Waals surface area (Å²) in [4.78, 5) is 20.0. The van der Waals surface area contributed by atoms with Gasteiger partial charge in [-0.25, -0.2) is 9.59 Å². The molecule has 1 unspecified atom stereocenters. The first-order chi connectivity index (χ1) is 6.97. The zero-order valence-electron chi connectivity index (χ0n) is 8.62. The quantitative estimate of drug-likeness (QED) is 0.487. The van der Waals surface area contributed by atoms with E-state index in [0.29, 0.717) is 13.0 Å². The molecule has 2 amide bonds. The molecule has 0 spiro atoms. The van der Waals surface area contributed by atoms with Gasteiger partial charge in [-0.15, -0.1) is 0 Å². The predicted octanol–water partition coefficient (Wildman–Crippen LogP) is -0.303. The Morgan fingerprint density at radius 1 is 1.67 bits per heavy atom. The van der Waals surface area contributed by atoms with Crippen molar-refractivity contribution < 1.29 is 19.8 Å². The van der Waals surface area contributed by atoms with Crippen molar-refractivity contribution in [1.82, 2.24) is 10.6 Å². The topological polar surface area (TPSA) is 98.7 Å². The summed E-state index contributed by atoms with van der Waals surface area (Å²) in [5.74, 6) is -0.935. The van der Waals surface area contributed by atoms with E-state index in [0.717, 1.165) is 0 Å². The Hall–Kier alpha value is -1.56. The van der Waals surface area contributed by atoms with Gasteiger partial charge in [0.25, 0.3) is 0 Å². The highest BCUT2D eigenvalue weighted by Gasteiger charge is 2.18. The Morgan fingerprint density at radius 3 is 2.47 bits per heavy atom. The van der Waals surface area contributed by atoms with Crippen LogP contribution in [-0.4, -0.2) is 41.4 Å². The van der Waals surface area contributed by atoms with Gasteiger partial charge in [-0.2, -0.15) is 0 Å². The molecule has 1 heterocycles. The van der Waals surface area contributed by atoms with Crippen LogP contribution in [0.3, 0.4) is 0 Å². The highest BCUT2D eigenvalue weighted by atomic mass is 16.4. The van der Waals surface area contributed by atoms with Crippen LogP contribution in [-0.2, 0) is 4.79 Å². The number of aliphatic carboxylic acids is 1. The van der Waals surface area contributed by atoms with E-state index in [2.05, 4.69) is 17.2 Å². The first-order valence-corrected chi connectivity index (χ1v) is 4.51. The number of carboxylic acids is 1. The van der Waals surface area contributed by atoms with E-state index < -0.39 is 5.97 Å². The molecule has 0 aliphatic carbocycles. The number of amides is 2. The molecule has 4 N–H and O–H groups in total. The van der Waals surface area contributed by atoms with E-state index in [4.69, 9.17) is 10.2 Å². The molecule has 0 aromatic heterocycles. The summed E-state index contributed by atoms with van der Waals surface area (Å²) in [6, 6.07) is -0.00375. The molecule has 1 aliphatic heterocycles. The molecule has 6 heteroatoms. The van der Waals surface area contributed by atoms with Crippen LogP contribution >= 0.6 is 0 Å². The van der Waals surface area contributed by atoms with Gasteiger partial charge in [0.15, 0.2) is 0 Å². The Kier molecular flexibility index (Phi) is 6.12. The minimum atomic E-state index is -0.935. The maximum absolute atomic E-state index is 10.4. The molecule has 0 radical (unpaired) electrons. The van der Waals surface area contributed by atoms with Crippen LogP contribution in [0.4, 0.5) is 4.79 Å². The Bertz CT molecular complexity index is 240. The van der Waals surface area contributed by atoms with Crippen molar-refractivity contribution in [3.05, 3.63) is 12.2 Å². The Balaban J connectivity index is 0.000000288. The van der Waals surface area contributed by atoms with Crippen LogP contribution < -0.4 is 10.6 Å². The summed E-state index contributed by atoms with van der Waals surface area (Å²) in [7, 11) is 0. The Morgan fingerprint density at radius 2 is 2.20 bits per heavy atom. The highest BCUT2D eigenvalue weighted by Crippen LogP contribution is 1.93. The molecule has 1 aliphatic rings. The van der Waals surface area contributed by atoms with Crippen molar-refractivity contribution in [2.75, 3.05) is 13.2 Å². The highest BCUT2D eigenvalue weighted by molar-refractivity contribution is 5.84. The average molecular weight is 216 g/mol. The van der Waals surface area contributed by atoms with E-state index >= 15 is 0 Å². The van der Waals surface area contributed by atoms with Gasteiger partial charge in [0.1, 0.15) is 0 Å². The number of rotatable bonds is 3. The van der Waals surface area contributed by atoms with Crippen LogP contribution in [0.15, 0.2) is 12.2 Å². The normalized spacial score (nSPS) is 18.3. The molecule has 6 nitrogen and oxygen atoms in total. The molecule has 0 aromatic rings. The van der Waals surface area contributed by atoms with Gasteiger partial charge in [0, 0.05) is 18.7 Å². The summed E-state index contributed by atoms with van der Waals surface area (Å²) >= 11 is 0. The number of hydrogen-bond acceptors (Lipinski definition) is 3. The van der Waals surface area contributed by atoms with E-state index in [9.17, 15) is 9.59 Å². The fraction of sp³-hybridized carbons (Fsp3) is 0.556. The summed E-state index contributed by atoms with van der Waals surface area (Å²) in [6.45, 7) is 5.37. The van der Waals surface area contributed by atoms with Crippen LogP contribution in [0, 0.1) is 0 Å². The standard InChI is InChI=1S/C5H10N2O2.C4H6O2/c8-2-1-4-3-6-5(9)7-4;1-3(2)4(5)6/h4,8H,1-3H2,(H2,6,7,9);1H2,2H3,(H,5,6). The predicted molar refractivity (Wildman–Crippen MR) is 54.5 cm³/mol. The van der Waals surface area contributed by atoms with Crippen LogP contribution in [0.2, 0.25) is 0 Å². The van der Waals surface area contributed by atoms with E-state index in [1.165, 1.54) is 6.92 Å². The SMILES string of the molecule is C=C(C)C(=O)O.O=C1NCC(CCO)N1. The third-order valence-electron chi connectivity index (χ3n) is 1.69. The van der Waals surface area contributed by atoms with Gasteiger partial charge in [0.05, 0.1) is 6.04 Å². The van der Waals surface area contributed by atoms with Gasteiger partial charge in [-0.05, 0) is 13.3 Å². The number of aliphatic hydroxyl groups is 1. The van der Waals surface area contributed by atoms with Crippen molar-refractivity contribution >= 4 is 12.0 Å². The zero-order valence-corrected chi connectivity index (χ0v) is 8.62. The van der Waals surface area contributed by atoms with Gasteiger partial charge in [0.2, 0.25) is 0 Å². The molecule has 1 rings (SSSR count). The van der Waals surface area contributed by atoms with E-state index in [1.54, 1.807) is 0 Å². The molecule has 0 bridgehead atoms. The van der Waals surface area contributed by atoms with Gasteiger partial charge < -0.3 is 20.8 Å². The lowest BCUT2D eigenvalue weighted by molar-refractivity contribution is -0.132. The van der Waals surface area contributed by atoms with E-state index in [1.807, 2.05) is 0 Å². The maximum atomic E-state index is 10.4. The molecule has 1 saturated heterocycles. The molecule has 15 heavy (non-hydrogen) atoms. The zero-order chi connectivity index (χ0) is 11.8. The van der Waals surface area contributed by atoms with Crippen LogP contribution in [0.1, 0.15) is 13.3 Å². The number of hydrogen-bond donors (Lipinski definition) is 4. The molecule has 0 aromatic carbocycles. The third kappa shape index (κ3) is 6.50. The number of carbonyl (C=O) groups excluding carboxylic acids is 1.